The molecular weight excluding hydrogens is 246 g/mol. The molecule has 0 N–H and O–H groups in total. The lowest BCUT2D eigenvalue weighted by molar-refractivity contribution is 0.111. The minimum atomic E-state index is 0.245. The third kappa shape index (κ3) is 2.35. The zero-order chi connectivity index (χ0) is 13.1. The Kier molecular flexibility index (Phi) is 3.02. The van der Waals surface area contributed by atoms with Gasteiger partial charge in [0, 0.05) is 6.20 Å². The Morgan fingerprint density at radius 1 is 1.26 bits per heavy atom. The first-order valence-electron chi connectivity index (χ1n) is 5.78. The SMILES string of the molecule is O=Cc1cccnc1OCc1ccc2c(c1)OCO2. The van der Waals surface area contributed by atoms with Crippen LogP contribution in [0.3, 0.4) is 0 Å². The van der Waals surface area contributed by atoms with E-state index in [2.05, 4.69) is 4.98 Å². The molecule has 0 saturated heterocycles. The molecule has 19 heavy (non-hydrogen) atoms. The summed E-state index contributed by atoms with van der Waals surface area (Å²) in [7, 11) is 0. The molecule has 96 valence electrons. The van der Waals surface area contributed by atoms with Crippen molar-refractivity contribution < 1.29 is 19.0 Å². The molecular formula is C14H11NO4. The Labute approximate surface area is 109 Å². The van der Waals surface area contributed by atoms with Gasteiger partial charge < -0.3 is 14.2 Å². The molecule has 0 radical (unpaired) electrons. The fourth-order valence-electron chi connectivity index (χ4n) is 1.80. The van der Waals surface area contributed by atoms with Crippen LogP contribution in [0, 0.1) is 0 Å². The van der Waals surface area contributed by atoms with Gasteiger partial charge >= 0.3 is 0 Å². The van der Waals surface area contributed by atoms with Crippen molar-refractivity contribution in [1.29, 1.82) is 0 Å². The van der Waals surface area contributed by atoms with E-state index in [9.17, 15) is 4.79 Å². The summed E-state index contributed by atoms with van der Waals surface area (Å²) in [6.07, 6.45) is 2.31. The van der Waals surface area contributed by atoms with E-state index in [0.29, 0.717) is 23.8 Å². The van der Waals surface area contributed by atoms with Crippen LogP contribution in [0.5, 0.6) is 17.4 Å². The van der Waals surface area contributed by atoms with Gasteiger partial charge in [-0.1, -0.05) is 6.07 Å². The first-order valence-corrected chi connectivity index (χ1v) is 5.78. The zero-order valence-electron chi connectivity index (χ0n) is 10.0. The summed E-state index contributed by atoms with van der Waals surface area (Å²) >= 11 is 0. The molecule has 5 nitrogen and oxygen atoms in total. The lowest BCUT2D eigenvalue weighted by Gasteiger charge is -2.07. The van der Waals surface area contributed by atoms with Gasteiger partial charge in [0.1, 0.15) is 6.61 Å². The van der Waals surface area contributed by atoms with Gasteiger partial charge in [0.15, 0.2) is 17.8 Å². The van der Waals surface area contributed by atoms with Crippen molar-refractivity contribution in [3.05, 3.63) is 47.7 Å². The van der Waals surface area contributed by atoms with Crippen LogP contribution in [0.25, 0.3) is 0 Å². The number of benzene rings is 1. The van der Waals surface area contributed by atoms with Crippen LogP contribution in [0.15, 0.2) is 36.5 Å². The molecule has 0 spiro atoms. The molecule has 1 aromatic heterocycles. The zero-order valence-corrected chi connectivity index (χ0v) is 10.0. The van der Waals surface area contributed by atoms with Gasteiger partial charge in [-0.05, 0) is 29.8 Å². The van der Waals surface area contributed by atoms with Crippen molar-refractivity contribution in [3.8, 4) is 17.4 Å². The highest BCUT2D eigenvalue weighted by molar-refractivity contribution is 5.77. The second kappa shape index (κ2) is 4.97. The number of fused-ring (bicyclic) bond motifs is 1. The number of hydrogen-bond donors (Lipinski definition) is 0. The second-order valence-corrected chi connectivity index (χ2v) is 3.99. The maximum Gasteiger partial charge on any atom is 0.231 e. The summed E-state index contributed by atoms with van der Waals surface area (Å²) in [6, 6.07) is 8.93. The topological polar surface area (TPSA) is 57.7 Å². The van der Waals surface area contributed by atoms with E-state index >= 15 is 0 Å². The number of hydrogen-bond acceptors (Lipinski definition) is 5. The number of ether oxygens (including phenoxy) is 3. The van der Waals surface area contributed by atoms with Crippen LogP contribution in [0.4, 0.5) is 0 Å². The first-order chi connectivity index (χ1) is 9.36. The van der Waals surface area contributed by atoms with E-state index in [1.54, 1.807) is 18.3 Å². The Balaban J connectivity index is 1.74. The molecule has 0 atom stereocenters. The van der Waals surface area contributed by atoms with Crippen molar-refractivity contribution >= 4 is 6.29 Å². The number of pyridine rings is 1. The van der Waals surface area contributed by atoms with Crippen molar-refractivity contribution in [2.45, 2.75) is 6.61 Å². The van der Waals surface area contributed by atoms with E-state index in [0.717, 1.165) is 17.6 Å². The third-order valence-electron chi connectivity index (χ3n) is 2.74. The third-order valence-corrected chi connectivity index (χ3v) is 2.74. The van der Waals surface area contributed by atoms with Crippen LogP contribution in [0.1, 0.15) is 15.9 Å². The number of carbonyl (C=O) groups excluding carboxylic acids is 1. The Morgan fingerprint density at radius 3 is 3.05 bits per heavy atom. The number of aromatic nitrogens is 1. The van der Waals surface area contributed by atoms with Gasteiger partial charge in [-0.25, -0.2) is 4.98 Å². The number of rotatable bonds is 4. The molecule has 2 heterocycles. The summed E-state index contributed by atoms with van der Waals surface area (Å²) in [5, 5.41) is 0. The minimum absolute atomic E-state index is 0.245. The monoisotopic (exact) mass is 257 g/mol. The van der Waals surface area contributed by atoms with Crippen molar-refractivity contribution in [1.82, 2.24) is 4.98 Å². The minimum Gasteiger partial charge on any atom is -0.472 e. The van der Waals surface area contributed by atoms with Gasteiger partial charge in [0.25, 0.3) is 0 Å². The average Bonchev–Trinajstić information content (AvgIpc) is 2.93. The molecule has 0 saturated carbocycles. The normalized spacial score (nSPS) is 12.2. The van der Waals surface area contributed by atoms with E-state index in [1.165, 1.54) is 0 Å². The fourth-order valence-corrected chi connectivity index (χ4v) is 1.80. The first kappa shape index (κ1) is 11.5. The summed E-state index contributed by atoms with van der Waals surface area (Å²) < 4.78 is 16.1. The van der Waals surface area contributed by atoms with E-state index < -0.39 is 0 Å². The van der Waals surface area contributed by atoms with Gasteiger partial charge in [-0.2, -0.15) is 0 Å². The number of aldehydes is 1. The molecule has 0 fully saturated rings. The summed E-state index contributed by atoms with van der Waals surface area (Å²) in [4.78, 5) is 14.9. The highest BCUT2D eigenvalue weighted by atomic mass is 16.7. The molecule has 1 aromatic carbocycles. The van der Waals surface area contributed by atoms with Gasteiger partial charge in [-0.3, -0.25) is 4.79 Å². The maximum atomic E-state index is 10.8. The van der Waals surface area contributed by atoms with Crippen molar-refractivity contribution in [2.24, 2.45) is 0 Å². The van der Waals surface area contributed by atoms with E-state index in [4.69, 9.17) is 14.2 Å². The molecule has 1 aliphatic rings. The smallest absolute Gasteiger partial charge is 0.231 e. The highest BCUT2D eigenvalue weighted by Gasteiger charge is 2.13. The molecule has 2 aromatic rings. The standard InChI is InChI=1S/C14H11NO4/c16-7-11-2-1-5-15-14(11)17-8-10-3-4-12-13(6-10)19-9-18-12/h1-7H,8-9H2. The van der Waals surface area contributed by atoms with Crippen LogP contribution in [-0.2, 0) is 6.61 Å². The molecule has 0 bridgehead atoms. The number of nitrogens with zero attached hydrogens (tertiary/aromatic N) is 1. The molecule has 0 amide bonds. The van der Waals surface area contributed by atoms with Crippen LogP contribution in [-0.4, -0.2) is 18.1 Å². The second-order valence-electron chi connectivity index (χ2n) is 3.99. The molecule has 0 unspecified atom stereocenters. The predicted octanol–water partition coefficient (Wildman–Crippen LogP) is 2.20. The quantitative estimate of drug-likeness (QED) is 0.786. The molecule has 0 aliphatic carbocycles. The highest BCUT2D eigenvalue weighted by Crippen LogP contribution is 2.32. The number of carbonyl (C=O) groups is 1. The molecule has 5 heteroatoms. The summed E-state index contributed by atoms with van der Waals surface area (Å²) in [5.74, 6) is 1.77. The van der Waals surface area contributed by atoms with Crippen LogP contribution in [0.2, 0.25) is 0 Å². The fraction of sp³-hybridized carbons (Fsp3) is 0.143. The average molecular weight is 257 g/mol. The Morgan fingerprint density at radius 2 is 2.16 bits per heavy atom. The van der Waals surface area contributed by atoms with Crippen molar-refractivity contribution in [3.63, 3.8) is 0 Å². The summed E-state index contributed by atoms with van der Waals surface area (Å²) in [5.41, 5.74) is 1.36. The van der Waals surface area contributed by atoms with Gasteiger partial charge in [-0.15, -0.1) is 0 Å². The molecule has 3 rings (SSSR count). The molecule has 1 aliphatic heterocycles. The largest absolute Gasteiger partial charge is 0.472 e. The van der Waals surface area contributed by atoms with Gasteiger partial charge in [0.2, 0.25) is 12.7 Å². The van der Waals surface area contributed by atoms with E-state index in [-0.39, 0.29) is 6.79 Å². The van der Waals surface area contributed by atoms with E-state index in [1.807, 2.05) is 18.2 Å². The Bertz CT molecular complexity index is 612. The lowest BCUT2D eigenvalue weighted by Crippen LogP contribution is -2.00. The summed E-state index contributed by atoms with van der Waals surface area (Å²) in [6.45, 7) is 0.559. The van der Waals surface area contributed by atoms with Gasteiger partial charge in [0.05, 0.1) is 5.56 Å². The Hall–Kier alpha value is -2.56. The maximum absolute atomic E-state index is 10.8. The van der Waals surface area contributed by atoms with Crippen LogP contribution >= 0.6 is 0 Å². The predicted molar refractivity (Wildman–Crippen MR) is 66.5 cm³/mol. The van der Waals surface area contributed by atoms with Crippen LogP contribution < -0.4 is 14.2 Å². The van der Waals surface area contributed by atoms with Crippen molar-refractivity contribution in [2.75, 3.05) is 6.79 Å². The lowest BCUT2D eigenvalue weighted by atomic mass is 10.2.